The van der Waals surface area contributed by atoms with E-state index in [-0.39, 0.29) is 43.4 Å². The van der Waals surface area contributed by atoms with Gasteiger partial charge in [0.05, 0.1) is 42.4 Å². The molecule has 2 fully saturated rings. The van der Waals surface area contributed by atoms with E-state index in [1.54, 1.807) is 18.1 Å². The highest BCUT2D eigenvalue weighted by Gasteiger charge is 2.60. The van der Waals surface area contributed by atoms with E-state index in [0.717, 1.165) is 22.1 Å². The van der Waals surface area contributed by atoms with Crippen molar-refractivity contribution in [2.75, 3.05) is 13.7 Å². The second-order valence-electron chi connectivity index (χ2n) is 13.2. The van der Waals surface area contributed by atoms with E-state index >= 15 is 0 Å². The molecule has 1 saturated carbocycles. The first-order valence-electron chi connectivity index (χ1n) is 16.4. The van der Waals surface area contributed by atoms with Gasteiger partial charge in [-0.3, -0.25) is 14.4 Å². The summed E-state index contributed by atoms with van der Waals surface area (Å²) in [7, 11) is 1.59. The molecule has 7 rings (SSSR count). The molecule has 1 unspecified atom stereocenters. The smallest absolute Gasteiger partial charge is 0.310 e. The number of carbonyl (C=O) groups is 3. The van der Waals surface area contributed by atoms with Crippen LogP contribution in [-0.2, 0) is 20.8 Å². The van der Waals surface area contributed by atoms with Gasteiger partial charge in [0, 0.05) is 48.3 Å². The van der Waals surface area contributed by atoms with Crippen LogP contribution in [0.2, 0.25) is 0 Å². The molecular formula is C39H38N2O7. The number of aliphatic carboxylic acids is 1. The summed E-state index contributed by atoms with van der Waals surface area (Å²) in [5, 5.41) is 21.7. The fourth-order valence-corrected chi connectivity index (χ4v) is 7.60. The lowest BCUT2D eigenvalue weighted by Gasteiger charge is -2.26. The topological polar surface area (TPSA) is 126 Å². The van der Waals surface area contributed by atoms with Gasteiger partial charge in [-0.05, 0) is 42.0 Å². The summed E-state index contributed by atoms with van der Waals surface area (Å²) in [6.07, 6.45) is 1.21. The van der Waals surface area contributed by atoms with E-state index in [1.165, 1.54) is 0 Å². The zero-order chi connectivity index (χ0) is 33.6. The van der Waals surface area contributed by atoms with Crippen molar-refractivity contribution in [2.24, 2.45) is 11.3 Å². The molecular weight excluding hydrogens is 608 g/mol. The number of fused-ring (bicyclic) bond motifs is 2. The number of Topliss-reactive ketones (excluding diaryl/α,β-unsaturated/α-hetero) is 1. The van der Waals surface area contributed by atoms with Crippen LogP contribution in [0, 0.1) is 11.3 Å². The van der Waals surface area contributed by atoms with Crippen molar-refractivity contribution in [1.29, 1.82) is 0 Å². The highest BCUT2D eigenvalue weighted by atomic mass is 16.5. The number of carboxylic acid groups (broad SMARTS) is 1. The van der Waals surface area contributed by atoms with Gasteiger partial charge >= 0.3 is 5.97 Å². The summed E-state index contributed by atoms with van der Waals surface area (Å²) in [5.74, 6) is -1.08. The van der Waals surface area contributed by atoms with Crippen LogP contribution >= 0.6 is 0 Å². The van der Waals surface area contributed by atoms with E-state index in [1.807, 2.05) is 78.9 Å². The summed E-state index contributed by atoms with van der Waals surface area (Å²) in [6, 6.07) is 24.0. The van der Waals surface area contributed by atoms with Crippen LogP contribution in [0.3, 0.4) is 0 Å². The number of aliphatic hydroxyl groups excluding tert-OH is 1. The molecule has 246 valence electrons. The van der Waals surface area contributed by atoms with Gasteiger partial charge in [-0.15, -0.1) is 6.58 Å². The van der Waals surface area contributed by atoms with Gasteiger partial charge in [0.25, 0.3) is 0 Å². The molecule has 4 aromatic rings. The number of aliphatic hydroxyl groups is 1. The minimum absolute atomic E-state index is 0.0319. The highest BCUT2D eigenvalue weighted by Crippen LogP contribution is 2.56. The minimum Gasteiger partial charge on any atom is -0.497 e. The number of ketones is 1. The van der Waals surface area contributed by atoms with Gasteiger partial charge in [-0.1, -0.05) is 60.7 Å². The van der Waals surface area contributed by atoms with Gasteiger partial charge in [-0.25, -0.2) is 4.98 Å². The molecule has 48 heavy (non-hydrogen) atoms. The number of amides is 1. The molecule has 0 bridgehead atoms. The third-order valence-corrected chi connectivity index (χ3v) is 10.4. The number of hydrogen-bond acceptors (Lipinski definition) is 7. The highest BCUT2D eigenvalue weighted by molar-refractivity contribution is 5.95. The number of methoxy groups -OCH3 is 1. The quantitative estimate of drug-likeness (QED) is 0.202. The Balaban J connectivity index is 1.20. The van der Waals surface area contributed by atoms with E-state index in [0.29, 0.717) is 35.6 Å². The Labute approximate surface area is 278 Å². The number of nitrogens with zero attached hydrogens (tertiary/aromatic N) is 2. The third-order valence-electron chi connectivity index (χ3n) is 10.4. The summed E-state index contributed by atoms with van der Waals surface area (Å²) in [4.78, 5) is 46.8. The zero-order valence-corrected chi connectivity index (χ0v) is 26.7. The zero-order valence-electron chi connectivity index (χ0n) is 26.7. The minimum atomic E-state index is -1.20. The average molecular weight is 647 g/mol. The normalized spacial score (nSPS) is 25.8. The number of rotatable bonds is 11. The van der Waals surface area contributed by atoms with Crippen molar-refractivity contribution in [3.8, 4) is 22.8 Å². The molecule has 1 amide bonds. The Bertz CT molecular complexity index is 1910. The molecule has 9 heteroatoms. The molecule has 0 spiro atoms. The van der Waals surface area contributed by atoms with Crippen molar-refractivity contribution >= 4 is 28.6 Å². The van der Waals surface area contributed by atoms with Crippen LogP contribution in [-0.4, -0.2) is 69.7 Å². The Morgan fingerprint density at radius 3 is 2.56 bits per heavy atom. The molecule has 1 saturated heterocycles. The first kappa shape index (κ1) is 31.6. The lowest BCUT2D eigenvalue weighted by Crippen LogP contribution is -2.43. The van der Waals surface area contributed by atoms with Crippen LogP contribution in [0.15, 0.2) is 91.5 Å². The van der Waals surface area contributed by atoms with E-state index in [4.69, 9.17) is 14.5 Å². The molecule has 3 aromatic carbocycles. The Hall–Kier alpha value is -5.02. The molecule has 0 radical (unpaired) electrons. The summed E-state index contributed by atoms with van der Waals surface area (Å²) >= 11 is 0. The van der Waals surface area contributed by atoms with E-state index in [9.17, 15) is 24.6 Å². The molecule has 6 atom stereocenters. The Kier molecular flexibility index (Phi) is 8.25. The van der Waals surface area contributed by atoms with Gasteiger partial charge in [0.1, 0.15) is 17.6 Å². The number of aromatic nitrogens is 1. The maximum Gasteiger partial charge on any atom is 0.310 e. The molecule has 1 aliphatic heterocycles. The Morgan fingerprint density at radius 2 is 1.83 bits per heavy atom. The van der Waals surface area contributed by atoms with E-state index < -0.39 is 35.6 Å². The van der Waals surface area contributed by atoms with Crippen molar-refractivity contribution in [3.05, 3.63) is 103 Å². The first-order chi connectivity index (χ1) is 23.2. The predicted octanol–water partition coefficient (Wildman–Crippen LogP) is 5.59. The van der Waals surface area contributed by atoms with Gasteiger partial charge in [0.15, 0.2) is 5.78 Å². The van der Waals surface area contributed by atoms with Crippen LogP contribution in [0.4, 0.5) is 0 Å². The molecule has 2 aliphatic carbocycles. The molecule has 2 heterocycles. The van der Waals surface area contributed by atoms with Gasteiger partial charge in [-0.2, -0.15) is 0 Å². The number of benzene rings is 3. The predicted molar refractivity (Wildman–Crippen MR) is 180 cm³/mol. The summed E-state index contributed by atoms with van der Waals surface area (Å²) in [5.41, 5.74) is 3.03. The van der Waals surface area contributed by atoms with Crippen LogP contribution in [0.1, 0.15) is 42.7 Å². The van der Waals surface area contributed by atoms with E-state index in [2.05, 4.69) is 6.58 Å². The van der Waals surface area contributed by atoms with Crippen LogP contribution in [0.5, 0.6) is 11.5 Å². The summed E-state index contributed by atoms with van der Waals surface area (Å²) < 4.78 is 12.1. The van der Waals surface area contributed by atoms with Crippen molar-refractivity contribution in [2.45, 2.75) is 56.3 Å². The first-order valence-corrected chi connectivity index (χ1v) is 16.4. The second kappa shape index (κ2) is 12.5. The van der Waals surface area contributed by atoms with Gasteiger partial charge < -0.3 is 24.6 Å². The lowest BCUT2D eigenvalue weighted by molar-refractivity contribution is -0.147. The SMILES string of the molecule is C=CC1C[C@]1(CC(=O)[C@@H]1C[C@@H](Oc2cc(-c3ccccc3)nc3cc(OC)ccc23)CN1C(=O)C[C@H]1c2ccccc2C[C@H]1O)C(=O)O. The third kappa shape index (κ3) is 5.72. The standard InChI is InChI=1S/C39H38N2O7/c1-3-25-20-39(25,38(45)46)21-35(43)33-17-27(22-41(33)37(44)18-30-28-12-8-7-11-24(28)15-34(30)42)48-36-19-31(23-9-5-4-6-10-23)40-32-16-26(47-2)13-14-29(32)36/h3-14,16,19,25,27,30,33-34,42H,1,15,17-18,20-22H2,2H3,(H,45,46)/t25?,27-,30+,33+,34-,39-/m1/s1. The number of carboxylic acids is 1. The van der Waals surface area contributed by atoms with Gasteiger partial charge in [0.2, 0.25) is 5.91 Å². The monoisotopic (exact) mass is 646 g/mol. The number of pyridine rings is 1. The van der Waals surface area contributed by atoms with Crippen LogP contribution < -0.4 is 9.47 Å². The largest absolute Gasteiger partial charge is 0.497 e. The fourth-order valence-electron chi connectivity index (χ4n) is 7.60. The number of allylic oxidation sites excluding steroid dienone is 1. The maximum absolute atomic E-state index is 14.1. The van der Waals surface area contributed by atoms with Crippen molar-refractivity contribution in [3.63, 3.8) is 0 Å². The number of hydrogen-bond donors (Lipinski definition) is 2. The fraction of sp³-hybridized carbons (Fsp3) is 0.333. The molecule has 2 N–H and O–H groups in total. The lowest BCUT2D eigenvalue weighted by atomic mass is 9.91. The average Bonchev–Trinajstić information content (AvgIpc) is 3.51. The molecule has 1 aromatic heterocycles. The van der Waals surface area contributed by atoms with Crippen molar-refractivity contribution < 1.29 is 34.1 Å². The maximum atomic E-state index is 14.1. The number of ether oxygens (including phenoxy) is 2. The van der Waals surface area contributed by atoms with Crippen molar-refractivity contribution in [1.82, 2.24) is 9.88 Å². The number of carbonyl (C=O) groups excluding carboxylic acids is 2. The molecule has 9 nitrogen and oxygen atoms in total. The molecule has 3 aliphatic rings. The van der Waals surface area contributed by atoms with Crippen LogP contribution in [0.25, 0.3) is 22.2 Å². The Morgan fingerprint density at radius 1 is 1.06 bits per heavy atom. The number of likely N-dealkylation sites (tertiary alicyclic amines) is 1. The second-order valence-corrected chi connectivity index (χ2v) is 13.2. The summed E-state index contributed by atoms with van der Waals surface area (Å²) in [6.45, 7) is 3.90.